The highest BCUT2D eigenvalue weighted by molar-refractivity contribution is 9.10. The summed E-state index contributed by atoms with van der Waals surface area (Å²) in [7, 11) is 0. The number of hydrogen-bond donors (Lipinski definition) is 1. The summed E-state index contributed by atoms with van der Waals surface area (Å²) in [6.45, 7) is 0. The normalized spacial score (nSPS) is 8.21. The van der Waals surface area contributed by atoms with Crippen LogP contribution < -0.4 is 5.32 Å². The fourth-order valence-corrected chi connectivity index (χ4v) is 1.22. The van der Waals surface area contributed by atoms with Gasteiger partial charge in [0.1, 0.15) is 17.7 Å². The number of allylic oxidation sites excluding steroid dienone is 1. The molecule has 0 saturated heterocycles. The van der Waals surface area contributed by atoms with E-state index in [0.29, 0.717) is 0 Å². The molecule has 0 aliphatic rings. The Balaban J connectivity index is 2.77. The number of hydrogen-bond acceptors (Lipinski definition) is 3. The standard InChI is InChI=1S/C10H6BrN3/c11-9-2-1-3-10(4-9)14-7-8(5-12)6-13/h1-4,7,14H. The highest BCUT2D eigenvalue weighted by atomic mass is 79.9. The Bertz CT molecular complexity index is 421. The lowest BCUT2D eigenvalue weighted by Gasteiger charge is -1.99. The van der Waals surface area contributed by atoms with Crippen molar-refractivity contribution in [2.24, 2.45) is 0 Å². The van der Waals surface area contributed by atoms with Gasteiger partial charge in [0.2, 0.25) is 0 Å². The summed E-state index contributed by atoms with van der Waals surface area (Å²) in [4.78, 5) is 0. The molecule has 0 aliphatic heterocycles. The molecule has 68 valence electrons. The van der Waals surface area contributed by atoms with Gasteiger partial charge in [-0.1, -0.05) is 22.0 Å². The van der Waals surface area contributed by atoms with Gasteiger partial charge in [0.25, 0.3) is 0 Å². The molecule has 1 rings (SSSR count). The van der Waals surface area contributed by atoms with Gasteiger partial charge in [-0.25, -0.2) is 0 Å². The van der Waals surface area contributed by atoms with Crippen LogP contribution in [-0.4, -0.2) is 0 Å². The molecule has 0 amide bonds. The minimum atomic E-state index is 0.0463. The predicted octanol–water partition coefficient (Wildman–Crippen LogP) is 2.79. The first-order valence-corrected chi connectivity index (χ1v) is 4.58. The van der Waals surface area contributed by atoms with E-state index in [4.69, 9.17) is 10.5 Å². The third kappa shape index (κ3) is 2.93. The molecule has 0 aliphatic carbocycles. The van der Waals surface area contributed by atoms with Crippen molar-refractivity contribution in [3.63, 3.8) is 0 Å². The van der Waals surface area contributed by atoms with E-state index in [0.717, 1.165) is 10.2 Å². The number of halogens is 1. The summed E-state index contributed by atoms with van der Waals surface area (Å²) in [5.41, 5.74) is 0.868. The number of nitrogens with zero attached hydrogens (tertiary/aromatic N) is 2. The van der Waals surface area contributed by atoms with Crippen LogP contribution in [0.15, 0.2) is 40.5 Å². The van der Waals surface area contributed by atoms with E-state index in [1.807, 2.05) is 24.3 Å². The summed E-state index contributed by atoms with van der Waals surface area (Å²) >= 11 is 3.31. The van der Waals surface area contributed by atoms with E-state index in [-0.39, 0.29) is 5.57 Å². The maximum absolute atomic E-state index is 8.47. The van der Waals surface area contributed by atoms with Crippen LogP contribution >= 0.6 is 15.9 Å². The van der Waals surface area contributed by atoms with Gasteiger partial charge in [-0.15, -0.1) is 0 Å². The molecule has 0 spiro atoms. The minimum Gasteiger partial charge on any atom is -0.360 e. The van der Waals surface area contributed by atoms with Gasteiger partial charge in [0, 0.05) is 16.4 Å². The van der Waals surface area contributed by atoms with Crippen LogP contribution in [0.4, 0.5) is 5.69 Å². The monoisotopic (exact) mass is 247 g/mol. The molecule has 0 bridgehead atoms. The van der Waals surface area contributed by atoms with Gasteiger partial charge < -0.3 is 5.32 Å². The van der Waals surface area contributed by atoms with Gasteiger partial charge in [-0.3, -0.25) is 0 Å². The van der Waals surface area contributed by atoms with Crippen molar-refractivity contribution in [3.05, 3.63) is 40.5 Å². The average Bonchev–Trinajstić information content (AvgIpc) is 2.19. The zero-order valence-electron chi connectivity index (χ0n) is 7.16. The summed E-state index contributed by atoms with van der Waals surface area (Å²) in [6.07, 6.45) is 1.38. The zero-order chi connectivity index (χ0) is 10.4. The van der Waals surface area contributed by atoms with Crippen molar-refractivity contribution in [2.45, 2.75) is 0 Å². The van der Waals surface area contributed by atoms with Crippen molar-refractivity contribution in [1.82, 2.24) is 0 Å². The van der Waals surface area contributed by atoms with E-state index in [1.165, 1.54) is 6.20 Å². The number of rotatable bonds is 2. The Morgan fingerprint density at radius 3 is 2.64 bits per heavy atom. The lowest BCUT2D eigenvalue weighted by atomic mass is 10.3. The minimum absolute atomic E-state index is 0.0463. The maximum Gasteiger partial charge on any atom is 0.145 e. The number of nitriles is 2. The van der Waals surface area contributed by atoms with Crippen LogP contribution in [0.3, 0.4) is 0 Å². The van der Waals surface area contributed by atoms with Crippen molar-refractivity contribution < 1.29 is 0 Å². The smallest absolute Gasteiger partial charge is 0.145 e. The predicted molar refractivity (Wildman–Crippen MR) is 57.1 cm³/mol. The highest BCUT2D eigenvalue weighted by Crippen LogP contribution is 2.15. The van der Waals surface area contributed by atoms with Gasteiger partial charge in [-0.05, 0) is 18.2 Å². The molecule has 14 heavy (non-hydrogen) atoms. The molecule has 1 N–H and O–H groups in total. The second-order valence-electron chi connectivity index (χ2n) is 2.44. The molecule has 3 nitrogen and oxygen atoms in total. The molecule has 0 heterocycles. The third-order valence-corrected chi connectivity index (χ3v) is 1.94. The van der Waals surface area contributed by atoms with Crippen LogP contribution in [0.25, 0.3) is 0 Å². The van der Waals surface area contributed by atoms with Gasteiger partial charge in [0.15, 0.2) is 0 Å². The summed E-state index contributed by atoms with van der Waals surface area (Å²) in [5.74, 6) is 0. The molecule has 0 aromatic heterocycles. The molecule has 0 saturated carbocycles. The van der Waals surface area contributed by atoms with Crippen molar-refractivity contribution in [2.75, 3.05) is 5.32 Å². The molecule has 1 aromatic rings. The van der Waals surface area contributed by atoms with Crippen LogP contribution in [0.1, 0.15) is 0 Å². The summed E-state index contributed by atoms with van der Waals surface area (Å²) < 4.78 is 0.936. The topological polar surface area (TPSA) is 59.6 Å². The Morgan fingerprint density at radius 2 is 2.07 bits per heavy atom. The van der Waals surface area contributed by atoms with E-state index in [2.05, 4.69) is 21.2 Å². The number of benzene rings is 1. The molecule has 0 fully saturated rings. The molecule has 0 atom stereocenters. The van der Waals surface area contributed by atoms with Crippen molar-refractivity contribution >= 4 is 21.6 Å². The quantitative estimate of drug-likeness (QED) is 0.818. The number of anilines is 1. The van der Waals surface area contributed by atoms with Gasteiger partial charge >= 0.3 is 0 Å². The average molecular weight is 248 g/mol. The number of nitrogens with one attached hydrogen (secondary N) is 1. The molecular weight excluding hydrogens is 242 g/mol. The van der Waals surface area contributed by atoms with Gasteiger partial charge in [-0.2, -0.15) is 10.5 Å². The molecule has 1 aromatic carbocycles. The molecule has 0 radical (unpaired) electrons. The first-order valence-electron chi connectivity index (χ1n) is 3.78. The maximum atomic E-state index is 8.47. The first-order chi connectivity index (χ1) is 6.76. The lowest BCUT2D eigenvalue weighted by Crippen LogP contribution is -1.89. The lowest BCUT2D eigenvalue weighted by molar-refractivity contribution is 1.44. The molecular formula is C10H6BrN3. The molecule has 4 heteroatoms. The Hall–Kier alpha value is -1.78. The van der Waals surface area contributed by atoms with Crippen molar-refractivity contribution in [3.8, 4) is 12.1 Å². The first kappa shape index (κ1) is 10.3. The zero-order valence-corrected chi connectivity index (χ0v) is 8.75. The second-order valence-corrected chi connectivity index (χ2v) is 3.35. The van der Waals surface area contributed by atoms with Crippen molar-refractivity contribution in [1.29, 1.82) is 10.5 Å². The van der Waals surface area contributed by atoms with E-state index >= 15 is 0 Å². The fraction of sp³-hybridized carbons (Fsp3) is 0. The fourth-order valence-electron chi connectivity index (χ4n) is 0.823. The largest absolute Gasteiger partial charge is 0.360 e. The third-order valence-electron chi connectivity index (χ3n) is 1.45. The highest BCUT2D eigenvalue weighted by Gasteiger charge is 1.92. The Kier molecular flexibility index (Phi) is 3.72. The van der Waals surface area contributed by atoms with E-state index in [1.54, 1.807) is 12.1 Å². The SMILES string of the molecule is N#CC(C#N)=CNc1cccc(Br)c1. The van der Waals surface area contributed by atoms with Crippen LogP contribution in [0.2, 0.25) is 0 Å². The van der Waals surface area contributed by atoms with Crippen LogP contribution in [0, 0.1) is 22.7 Å². The summed E-state index contributed by atoms with van der Waals surface area (Å²) in [6, 6.07) is 11.0. The summed E-state index contributed by atoms with van der Waals surface area (Å²) in [5, 5.41) is 19.8. The van der Waals surface area contributed by atoms with Crippen LogP contribution in [-0.2, 0) is 0 Å². The second kappa shape index (κ2) is 5.06. The Morgan fingerprint density at radius 1 is 1.36 bits per heavy atom. The molecule has 0 unspecified atom stereocenters. The Labute approximate surface area is 90.4 Å². The van der Waals surface area contributed by atoms with Crippen LogP contribution in [0.5, 0.6) is 0 Å². The van der Waals surface area contributed by atoms with E-state index < -0.39 is 0 Å². The van der Waals surface area contributed by atoms with E-state index in [9.17, 15) is 0 Å². The van der Waals surface area contributed by atoms with Gasteiger partial charge in [0.05, 0.1) is 0 Å².